The Labute approximate surface area is 79.1 Å². The van der Waals surface area contributed by atoms with Gasteiger partial charge in [0.25, 0.3) is 0 Å². The van der Waals surface area contributed by atoms with Crippen molar-refractivity contribution in [2.75, 3.05) is 0 Å². The SMILES string of the molecule is CCCC(C(C)=O)C(CC)C(=O)O. The van der Waals surface area contributed by atoms with Crippen LogP contribution in [0.3, 0.4) is 0 Å². The Morgan fingerprint density at radius 1 is 1.23 bits per heavy atom. The molecule has 0 saturated heterocycles. The topological polar surface area (TPSA) is 54.4 Å². The summed E-state index contributed by atoms with van der Waals surface area (Å²) in [7, 11) is 0. The second-order valence-corrected chi connectivity index (χ2v) is 3.36. The van der Waals surface area contributed by atoms with Crippen molar-refractivity contribution in [3.63, 3.8) is 0 Å². The maximum atomic E-state index is 11.2. The van der Waals surface area contributed by atoms with Crippen LogP contribution >= 0.6 is 0 Å². The van der Waals surface area contributed by atoms with Gasteiger partial charge < -0.3 is 5.11 Å². The molecule has 3 heteroatoms. The third-order valence-corrected chi connectivity index (χ3v) is 2.36. The van der Waals surface area contributed by atoms with Crippen LogP contribution in [0.4, 0.5) is 0 Å². The van der Waals surface area contributed by atoms with Gasteiger partial charge in [-0.15, -0.1) is 0 Å². The van der Waals surface area contributed by atoms with E-state index in [1.54, 1.807) is 0 Å². The van der Waals surface area contributed by atoms with Crippen LogP contribution in [-0.2, 0) is 9.59 Å². The second-order valence-electron chi connectivity index (χ2n) is 3.36. The summed E-state index contributed by atoms with van der Waals surface area (Å²) in [4.78, 5) is 22.0. The zero-order chi connectivity index (χ0) is 10.4. The summed E-state index contributed by atoms with van der Waals surface area (Å²) in [6.07, 6.45) is 2.06. The van der Waals surface area contributed by atoms with Crippen LogP contribution in [0.5, 0.6) is 0 Å². The van der Waals surface area contributed by atoms with Crippen LogP contribution in [-0.4, -0.2) is 16.9 Å². The summed E-state index contributed by atoms with van der Waals surface area (Å²) in [5.74, 6) is -1.66. The average molecular weight is 186 g/mol. The summed E-state index contributed by atoms with van der Waals surface area (Å²) < 4.78 is 0. The Hall–Kier alpha value is -0.860. The molecule has 0 fully saturated rings. The number of aliphatic carboxylic acids is 1. The van der Waals surface area contributed by atoms with Crippen molar-refractivity contribution in [3.05, 3.63) is 0 Å². The highest BCUT2D eigenvalue weighted by Crippen LogP contribution is 2.22. The van der Waals surface area contributed by atoms with Crippen molar-refractivity contribution in [2.45, 2.75) is 40.0 Å². The van der Waals surface area contributed by atoms with Gasteiger partial charge in [0.05, 0.1) is 5.92 Å². The van der Waals surface area contributed by atoms with E-state index in [9.17, 15) is 9.59 Å². The molecule has 2 atom stereocenters. The first-order valence-corrected chi connectivity index (χ1v) is 4.77. The van der Waals surface area contributed by atoms with E-state index in [0.717, 1.165) is 6.42 Å². The first kappa shape index (κ1) is 12.1. The Bertz CT molecular complexity index is 187. The van der Waals surface area contributed by atoms with Crippen LogP contribution in [0.15, 0.2) is 0 Å². The number of carbonyl (C=O) groups excluding carboxylic acids is 1. The van der Waals surface area contributed by atoms with Gasteiger partial charge in [0.2, 0.25) is 0 Å². The molecule has 0 aromatic heterocycles. The Morgan fingerprint density at radius 3 is 2.00 bits per heavy atom. The van der Waals surface area contributed by atoms with E-state index in [1.165, 1.54) is 6.92 Å². The van der Waals surface area contributed by atoms with Crippen molar-refractivity contribution in [1.82, 2.24) is 0 Å². The van der Waals surface area contributed by atoms with Gasteiger partial charge in [0, 0.05) is 5.92 Å². The zero-order valence-corrected chi connectivity index (χ0v) is 8.54. The Balaban J connectivity index is 4.48. The second kappa shape index (κ2) is 5.73. The summed E-state index contributed by atoms with van der Waals surface area (Å²) in [6, 6.07) is 0. The quantitative estimate of drug-likeness (QED) is 0.691. The Kier molecular flexibility index (Phi) is 5.35. The molecular weight excluding hydrogens is 168 g/mol. The fourth-order valence-corrected chi connectivity index (χ4v) is 1.63. The predicted octanol–water partition coefficient (Wildman–Crippen LogP) is 2.10. The normalized spacial score (nSPS) is 15.0. The van der Waals surface area contributed by atoms with E-state index in [4.69, 9.17) is 5.11 Å². The molecule has 0 aliphatic rings. The highest BCUT2D eigenvalue weighted by Gasteiger charge is 2.28. The number of carboxylic acid groups (broad SMARTS) is 1. The van der Waals surface area contributed by atoms with Crippen LogP contribution < -0.4 is 0 Å². The monoisotopic (exact) mass is 186 g/mol. The molecule has 2 unspecified atom stereocenters. The lowest BCUT2D eigenvalue weighted by Crippen LogP contribution is -2.28. The number of ketones is 1. The number of carboxylic acids is 1. The smallest absolute Gasteiger partial charge is 0.307 e. The molecule has 0 saturated carbocycles. The van der Waals surface area contributed by atoms with E-state index in [2.05, 4.69) is 0 Å². The first-order chi connectivity index (χ1) is 6.04. The summed E-state index contributed by atoms with van der Waals surface area (Å²) >= 11 is 0. The number of Topliss-reactive ketones (excluding diaryl/α,β-unsaturated/α-hetero) is 1. The third-order valence-electron chi connectivity index (χ3n) is 2.36. The summed E-state index contributed by atoms with van der Waals surface area (Å²) in [5, 5.41) is 8.87. The highest BCUT2D eigenvalue weighted by atomic mass is 16.4. The average Bonchev–Trinajstić information content (AvgIpc) is 2.03. The van der Waals surface area contributed by atoms with Gasteiger partial charge in [0.15, 0.2) is 0 Å². The van der Waals surface area contributed by atoms with Crippen LogP contribution in [0.1, 0.15) is 40.0 Å². The molecular formula is C10H18O3. The maximum Gasteiger partial charge on any atom is 0.307 e. The van der Waals surface area contributed by atoms with Crippen LogP contribution in [0.25, 0.3) is 0 Å². The van der Waals surface area contributed by atoms with E-state index in [1.807, 2.05) is 13.8 Å². The van der Waals surface area contributed by atoms with E-state index in [0.29, 0.717) is 12.8 Å². The van der Waals surface area contributed by atoms with Gasteiger partial charge >= 0.3 is 5.97 Å². The van der Waals surface area contributed by atoms with Crippen molar-refractivity contribution >= 4 is 11.8 Å². The molecule has 13 heavy (non-hydrogen) atoms. The fourth-order valence-electron chi connectivity index (χ4n) is 1.63. The largest absolute Gasteiger partial charge is 0.481 e. The molecule has 76 valence electrons. The molecule has 0 radical (unpaired) electrons. The van der Waals surface area contributed by atoms with Crippen molar-refractivity contribution in [2.24, 2.45) is 11.8 Å². The lowest BCUT2D eigenvalue weighted by molar-refractivity contribution is -0.146. The molecule has 0 heterocycles. The minimum Gasteiger partial charge on any atom is -0.481 e. The molecule has 1 N–H and O–H groups in total. The zero-order valence-electron chi connectivity index (χ0n) is 8.54. The predicted molar refractivity (Wildman–Crippen MR) is 50.5 cm³/mol. The van der Waals surface area contributed by atoms with Crippen molar-refractivity contribution in [1.29, 1.82) is 0 Å². The van der Waals surface area contributed by atoms with Gasteiger partial charge in [-0.3, -0.25) is 9.59 Å². The lowest BCUT2D eigenvalue weighted by Gasteiger charge is -2.19. The van der Waals surface area contributed by atoms with Crippen LogP contribution in [0, 0.1) is 11.8 Å². The van der Waals surface area contributed by atoms with Gasteiger partial charge in [-0.2, -0.15) is 0 Å². The fraction of sp³-hybridized carbons (Fsp3) is 0.800. The number of hydrogen-bond donors (Lipinski definition) is 1. The molecule has 3 nitrogen and oxygen atoms in total. The number of hydrogen-bond acceptors (Lipinski definition) is 2. The molecule has 0 aliphatic heterocycles. The molecule has 0 aliphatic carbocycles. The van der Waals surface area contributed by atoms with Gasteiger partial charge in [-0.05, 0) is 19.8 Å². The molecule has 0 aromatic carbocycles. The van der Waals surface area contributed by atoms with E-state index >= 15 is 0 Å². The van der Waals surface area contributed by atoms with Crippen molar-refractivity contribution in [3.8, 4) is 0 Å². The standard InChI is InChI=1S/C10H18O3/c1-4-6-9(7(3)11)8(5-2)10(12)13/h8-9H,4-6H2,1-3H3,(H,12,13). The molecule has 0 bridgehead atoms. The summed E-state index contributed by atoms with van der Waals surface area (Å²) in [5.41, 5.74) is 0. The van der Waals surface area contributed by atoms with Gasteiger partial charge in [0.1, 0.15) is 5.78 Å². The molecule has 0 rings (SSSR count). The van der Waals surface area contributed by atoms with Crippen LogP contribution in [0.2, 0.25) is 0 Å². The first-order valence-electron chi connectivity index (χ1n) is 4.77. The summed E-state index contributed by atoms with van der Waals surface area (Å²) in [6.45, 7) is 5.25. The molecule has 0 aromatic rings. The highest BCUT2D eigenvalue weighted by molar-refractivity contribution is 5.84. The third kappa shape index (κ3) is 3.57. The lowest BCUT2D eigenvalue weighted by atomic mass is 9.84. The van der Waals surface area contributed by atoms with E-state index in [-0.39, 0.29) is 11.7 Å². The van der Waals surface area contributed by atoms with E-state index < -0.39 is 11.9 Å². The maximum absolute atomic E-state index is 11.2. The minimum atomic E-state index is -0.851. The number of carbonyl (C=O) groups is 2. The molecule has 0 spiro atoms. The van der Waals surface area contributed by atoms with Crippen molar-refractivity contribution < 1.29 is 14.7 Å². The van der Waals surface area contributed by atoms with Gasteiger partial charge in [-0.1, -0.05) is 20.3 Å². The Morgan fingerprint density at radius 2 is 1.77 bits per heavy atom. The number of rotatable bonds is 6. The molecule has 0 amide bonds. The van der Waals surface area contributed by atoms with Gasteiger partial charge in [-0.25, -0.2) is 0 Å². The minimum absolute atomic E-state index is 0.00361.